The Morgan fingerprint density at radius 1 is 1.29 bits per heavy atom. The molecule has 0 bridgehead atoms. The van der Waals surface area contributed by atoms with Gasteiger partial charge in [0.15, 0.2) is 0 Å². The molecule has 2 heteroatoms. The van der Waals surface area contributed by atoms with Crippen LogP contribution in [0.2, 0.25) is 0 Å². The number of ketones is 1. The monoisotopic (exact) mass is 197 g/mol. The van der Waals surface area contributed by atoms with Gasteiger partial charge in [0, 0.05) is 0 Å². The average molecular weight is 197 g/mol. The summed E-state index contributed by atoms with van der Waals surface area (Å²) < 4.78 is 0. The van der Waals surface area contributed by atoms with Gasteiger partial charge in [-0.05, 0) is 32.9 Å². The maximum atomic E-state index is 10.9. The topological polar surface area (TPSA) is 20.3 Å². The summed E-state index contributed by atoms with van der Waals surface area (Å²) in [6.07, 6.45) is 8.37. The molecular weight excluding hydrogens is 174 g/mol. The summed E-state index contributed by atoms with van der Waals surface area (Å²) in [6, 6.07) is 0. The van der Waals surface area contributed by atoms with E-state index in [1.54, 1.807) is 6.92 Å². The predicted octanol–water partition coefficient (Wildman–Crippen LogP) is 2.48. The Labute approximate surface area is 87.7 Å². The molecule has 0 heterocycles. The molecule has 0 N–H and O–H groups in total. The molecule has 1 saturated carbocycles. The third kappa shape index (κ3) is 4.75. The number of carbonyl (C=O) groups excluding carboxylic acids is 1. The lowest BCUT2D eigenvalue weighted by Crippen LogP contribution is -2.27. The van der Waals surface area contributed by atoms with Gasteiger partial charge >= 0.3 is 0 Å². The fraction of sp³-hybridized carbons (Fsp3) is 0.917. The van der Waals surface area contributed by atoms with E-state index in [-0.39, 0.29) is 5.78 Å². The number of nitrogens with zero attached hydrogens (tertiary/aromatic N) is 1. The molecule has 2 nitrogen and oxygen atoms in total. The molecule has 1 aliphatic carbocycles. The van der Waals surface area contributed by atoms with Crippen LogP contribution in [0.25, 0.3) is 0 Å². The van der Waals surface area contributed by atoms with Crippen molar-refractivity contribution in [3.8, 4) is 0 Å². The minimum absolute atomic E-state index is 0.274. The normalized spacial score (nSPS) is 18.8. The van der Waals surface area contributed by atoms with Gasteiger partial charge in [-0.25, -0.2) is 0 Å². The van der Waals surface area contributed by atoms with Crippen molar-refractivity contribution in [1.82, 2.24) is 4.90 Å². The minimum Gasteiger partial charge on any atom is -0.299 e. The number of likely N-dealkylation sites (N-methyl/N-ethyl adjacent to an activating group) is 1. The predicted molar refractivity (Wildman–Crippen MR) is 59.4 cm³/mol. The van der Waals surface area contributed by atoms with Gasteiger partial charge < -0.3 is 0 Å². The Bertz CT molecular complexity index is 173. The van der Waals surface area contributed by atoms with E-state index < -0.39 is 0 Å². The zero-order valence-corrected chi connectivity index (χ0v) is 9.59. The number of hydrogen-bond donors (Lipinski definition) is 0. The molecule has 0 amide bonds. The summed E-state index contributed by atoms with van der Waals surface area (Å²) in [6.45, 7) is 3.37. The first-order chi connectivity index (χ1) is 6.68. The lowest BCUT2D eigenvalue weighted by atomic mass is 9.87. The lowest BCUT2D eigenvalue weighted by Gasteiger charge is -2.24. The van der Waals surface area contributed by atoms with Crippen LogP contribution in [-0.4, -0.2) is 30.8 Å². The van der Waals surface area contributed by atoms with Crippen LogP contribution in [0.15, 0.2) is 0 Å². The quantitative estimate of drug-likeness (QED) is 0.675. The summed E-state index contributed by atoms with van der Waals surface area (Å²) in [5, 5.41) is 0. The lowest BCUT2D eigenvalue weighted by molar-refractivity contribution is -0.117. The Balaban J connectivity index is 2.09. The van der Waals surface area contributed by atoms with Crippen molar-refractivity contribution in [2.45, 2.75) is 45.4 Å². The van der Waals surface area contributed by atoms with Crippen LogP contribution in [0.5, 0.6) is 0 Å². The molecule has 0 atom stereocenters. The highest BCUT2D eigenvalue weighted by molar-refractivity contribution is 5.77. The van der Waals surface area contributed by atoms with Gasteiger partial charge in [-0.2, -0.15) is 0 Å². The first-order valence-corrected chi connectivity index (χ1v) is 5.86. The molecule has 0 unspecified atom stereocenters. The van der Waals surface area contributed by atoms with Crippen LogP contribution in [-0.2, 0) is 4.79 Å². The Morgan fingerprint density at radius 3 is 2.50 bits per heavy atom. The van der Waals surface area contributed by atoms with E-state index in [9.17, 15) is 4.79 Å². The third-order valence-electron chi connectivity index (χ3n) is 3.14. The number of hydrogen-bond acceptors (Lipinski definition) is 2. The Kier molecular flexibility index (Phi) is 5.16. The van der Waals surface area contributed by atoms with Crippen LogP contribution in [0.1, 0.15) is 45.4 Å². The zero-order chi connectivity index (χ0) is 10.4. The molecule has 1 rings (SSSR count). The second-order valence-electron chi connectivity index (χ2n) is 4.73. The Hall–Kier alpha value is -0.370. The standard InChI is InChI=1S/C12H23NO/c1-11(14)10-13(2)9-8-12-6-4-3-5-7-12/h12H,3-10H2,1-2H3. The van der Waals surface area contributed by atoms with E-state index in [2.05, 4.69) is 4.90 Å². The summed E-state index contributed by atoms with van der Waals surface area (Å²) in [5.41, 5.74) is 0. The van der Waals surface area contributed by atoms with E-state index in [4.69, 9.17) is 0 Å². The summed E-state index contributed by atoms with van der Waals surface area (Å²) >= 11 is 0. The molecular formula is C12H23NO. The van der Waals surface area contributed by atoms with Crippen molar-refractivity contribution < 1.29 is 4.79 Å². The fourth-order valence-electron chi connectivity index (χ4n) is 2.34. The van der Waals surface area contributed by atoms with Crippen molar-refractivity contribution in [3.63, 3.8) is 0 Å². The van der Waals surface area contributed by atoms with E-state index in [1.165, 1.54) is 38.5 Å². The highest BCUT2D eigenvalue weighted by Crippen LogP contribution is 2.26. The number of carbonyl (C=O) groups is 1. The van der Waals surface area contributed by atoms with Crippen molar-refractivity contribution in [3.05, 3.63) is 0 Å². The smallest absolute Gasteiger partial charge is 0.143 e. The molecule has 0 aromatic heterocycles. The largest absolute Gasteiger partial charge is 0.299 e. The molecule has 0 aromatic rings. The van der Waals surface area contributed by atoms with Crippen molar-refractivity contribution in [2.24, 2.45) is 5.92 Å². The Morgan fingerprint density at radius 2 is 1.93 bits per heavy atom. The summed E-state index contributed by atoms with van der Waals surface area (Å²) in [7, 11) is 2.05. The molecule has 0 aromatic carbocycles. The van der Waals surface area contributed by atoms with Crippen LogP contribution >= 0.6 is 0 Å². The fourth-order valence-corrected chi connectivity index (χ4v) is 2.34. The molecule has 82 valence electrons. The summed E-state index contributed by atoms with van der Waals surface area (Å²) in [5.74, 6) is 1.20. The first kappa shape index (κ1) is 11.7. The van der Waals surface area contributed by atoms with Crippen molar-refractivity contribution >= 4 is 5.78 Å². The maximum Gasteiger partial charge on any atom is 0.143 e. The molecule has 1 aliphatic rings. The second kappa shape index (κ2) is 6.18. The molecule has 0 radical (unpaired) electrons. The van der Waals surface area contributed by atoms with Gasteiger partial charge in [-0.1, -0.05) is 32.1 Å². The van der Waals surface area contributed by atoms with Gasteiger partial charge in [-0.3, -0.25) is 9.69 Å². The molecule has 0 saturated heterocycles. The van der Waals surface area contributed by atoms with Gasteiger partial charge in [0.2, 0.25) is 0 Å². The van der Waals surface area contributed by atoms with E-state index >= 15 is 0 Å². The van der Waals surface area contributed by atoms with Crippen molar-refractivity contribution in [1.29, 1.82) is 0 Å². The van der Waals surface area contributed by atoms with Crippen LogP contribution in [0.3, 0.4) is 0 Å². The van der Waals surface area contributed by atoms with Crippen LogP contribution in [0, 0.1) is 5.92 Å². The van der Waals surface area contributed by atoms with Crippen molar-refractivity contribution in [2.75, 3.05) is 20.1 Å². The number of rotatable bonds is 5. The SMILES string of the molecule is CC(=O)CN(C)CCC1CCCCC1. The average Bonchev–Trinajstić information content (AvgIpc) is 2.15. The second-order valence-corrected chi connectivity index (χ2v) is 4.73. The van der Waals surface area contributed by atoms with Crippen LogP contribution in [0.4, 0.5) is 0 Å². The van der Waals surface area contributed by atoms with Gasteiger partial charge in [-0.15, -0.1) is 0 Å². The molecule has 0 aliphatic heterocycles. The van der Waals surface area contributed by atoms with Gasteiger partial charge in [0.1, 0.15) is 5.78 Å². The summed E-state index contributed by atoms with van der Waals surface area (Å²) in [4.78, 5) is 13.0. The minimum atomic E-state index is 0.274. The van der Waals surface area contributed by atoms with Gasteiger partial charge in [0.25, 0.3) is 0 Å². The first-order valence-electron chi connectivity index (χ1n) is 5.86. The van der Waals surface area contributed by atoms with Crippen LogP contribution < -0.4 is 0 Å². The highest BCUT2D eigenvalue weighted by atomic mass is 16.1. The third-order valence-corrected chi connectivity index (χ3v) is 3.14. The molecule has 14 heavy (non-hydrogen) atoms. The van der Waals surface area contributed by atoms with E-state index in [0.29, 0.717) is 6.54 Å². The van der Waals surface area contributed by atoms with Gasteiger partial charge in [0.05, 0.1) is 6.54 Å². The molecule has 0 spiro atoms. The zero-order valence-electron chi connectivity index (χ0n) is 9.59. The van der Waals surface area contributed by atoms with E-state index in [0.717, 1.165) is 12.5 Å². The maximum absolute atomic E-state index is 10.9. The molecule has 1 fully saturated rings. The van der Waals surface area contributed by atoms with E-state index in [1.807, 2.05) is 7.05 Å². The number of Topliss-reactive ketones (excluding diaryl/α,β-unsaturated/α-hetero) is 1. The highest BCUT2D eigenvalue weighted by Gasteiger charge is 2.13.